The summed E-state index contributed by atoms with van der Waals surface area (Å²) < 4.78 is 11.5. The van der Waals surface area contributed by atoms with Crippen molar-refractivity contribution in [3.63, 3.8) is 0 Å². The number of amides is 2. The van der Waals surface area contributed by atoms with Gasteiger partial charge in [0.25, 0.3) is 0 Å². The summed E-state index contributed by atoms with van der Waals surface area (Å²) in [5.41, 5.74) is 2.23. The van der Waals surface area contributed by atoms with E-state index < -0.39 is 0 Å². The van der Waals surface area contributed by atoms with E-state index in [4.69, 9.17) is 9.47 Å². The third-order valence-electron chi connectivity index (χ3n) is 3.94. The lowest BCUT2D eigenvalue weighted by Crippen LogP contribution is -2.40. The maximum Gasteiger partial charge on any atom is 0.315 e. The summed E-state index contributed by atoms with van der Waals surface area (Å²) in [5, 5.41) is 5.77. The number of benzene rings is 2. The molecule has 1 aliphatic rings. The zero-order chi connectivity index (χ0) is 16.6. The predicted octanol–water partition coefficient (Wildman–Crippen LogP) is 2.47. The van der Waals surface area contributed by atoms with Crippen molar-refractivity contribution in [3.05, 3.63) is 71.8 Å². The van der Waals surface area contributed by atoms with Crippen LogP contribution < -0.4 is 10.6 Å². The third-order valence-corrected chi connectivity index (χ3v) is 3.94. The quantitative estimate of drug-likeness (QED) is 0.783. The lowest BCUT2D eigenvalue weighted by atomic mass is 10.1. The highest BCUT2D eigenvalue weighted by molar-refractivity contribution is 5.77. The Labute approximate surface area is 142 Å². The normalized spacial score (nSPS) is 19.8. The third kappa shape index (κ3) is 4.81. The zero-order valence-corrected chi connectivity index (χ0v) is 13.5. The van der Waals surface area contributed by atoms with Gasteiger partial charge in [0.2, 0.25) is 0 Å². The number of rotatable bonds is 8. The van der Waals surface area contributed by atoms with Crippen LogP contribution in [0.4, 0.5) is 4.79 Å². The molecular formula is C19H22N2O3. The molecule has 0 aliphatic carbocycles. The van der Waals surface area contributed by atoms with Gasteiger partial charge in [0.05, 0.1) is 38.5 Å². The minimum Gasteiger partial charge on any atom is -0.375 e. The number of carbonyl (C=O) groups is 1. The molecule has 0 unspecified atom stereocenters. The van der Waals surface area contributed by atoms with E-state index in [1.54, 1.807) is 0 Å². The molecule has 0 bridgehead atoms. The van der Waals surface area contributed by atoms with Crippen LogP contribution in [0.3, 0.4) is 0 Å². The molecule has 24 heavy (non-hydrogen) atoms. The second kappa shape index (κ2) is 8.47. The molecule has 5 nitrogen and oxygen atoms in total. The van der Waals surface area contributed by atoms with Crippen LogP contribution in [0.1, 0.15) is 11.1 Å². The van der Waals surface area contributed by atoms with Crippen molar-refractivity contribution >= 4 is 6.03 Å². The molecule has 0 spiro atoms. The number of urea groups is 1. The number of nitrogens with one attached hydrogen (secondary N) is 2. The number of hydrogen-bond donors (Lipinski definition) is 2. The van der Waals surface area contributed by atoms with E-state index in [0.29, 0.717) is 26.4 Å². The van der Waals surface area contributed by atoms with Crippen LogP contribution in [0, 0.1) is 0 Å². The van der Waals surface area contributed by atoms with Crippen LogP contribution >= 0.6 is 0 Å². The lowest BCUT2D eigenvalue weighted by Gasteiger charge is -2.18. The van der Waals surface area contributed by atoms with Gasteiger partial charge in [-0.25, -0.2) is 4.79 Å². The van der Waals surface area contributed by atoms with Gasteiger partial charge in [-0.3, -0.25) is 0 Å². The van der Waals surface area contributed by atoms with E-state index in [-0.39, 0.29) is 18.1 Å². The van der Waals surface area contributed by atoms with Crippen molar-refractivity contribution in [1.29, 1.82) is 0 Å². The van der Waals surface area contributed by atoms with Gasteiger partial charge >= 0.3 is 6.03 Å². The molecule has 1 aliphatic heterocycles. The van der Waals surface area contributed by atoms with E-state index in [9.17, 15) is 4.79 Å². The van der Waals surface area contributed by atoms with E-state index in [1.807, 2.05) is 60.7 Å². The smallest absolute Gasteiger partial charge is 0.315 e. The summed E-state index contributed by atoms with van der Waals surface area (Å²) in [5.74, 6) is 0. The first kappa shape index (κ1) is 16.5. The fourth-order valence-corrected chi connectivity index (χ4v) is 2.65. The molecule has 3 rings (SSSR count). The van der Waals surface area contributed by atoms with E-state index >= 15 is 0 Å². The van der Waals surface area contributed by atoms with Gasteiger partial charge in [-0.15, -0.1) is 0 Å². The first-order valence-corrected chi connectivity index (χ1v) is 8.11. The number of hydrogen-bond acceptors (Lipinski definition) is 3. The highest BCUT2D eigenvalue weighted by Gasteiger charge is 2.31. The minimum atomic E-state index is -0.170. The van der Waals surface area contributed by atoms with Crippen molar-refractivity contribution in [2.24, 2.45) is 0 Å². The van der Waals surface area contributed by atoms with Crippen molar-refractivity contribution < 1.29 is 14.3 Å². The van der Waals surface area contributed by atoms with Gasteiger partial charge in [0.1, 0.15) is 0 Å². The first-order valence-electron chi connectivity index (χ1n) is 8.11. The average Bonchev–Trinajstić information content (AvgIpc) is 2.96. The Morgan fingerprint density at radius 1 is 0.708 bits per heavy atom. The van der Waals surface area contributed by atoms with E-state index in [0.717, 1.165) is 11.1 Å². The summed E-state index contributed by atoms with van der Waals surface area (Å²) in [6.45, 7) is 1.97. The molecule has 1 saturated heterocycles. The highest BCUT2D eigenvalue weighted by Crippen LogP contribution is 2.08. The number of ether oxygens (including phenoxy) is 2. The molecule has 0 radical (unpaired) electrons. The maximum absolute atomic E-state index is 11.6. The van der Waals surface area contributed by atoms with Crippen molar-refractivity contribution in [1.82, 2.24) is 10.6 Å². The fraction of sp³-hybridized carbons (Fsp3) is 0.316. The molecule has 2 amide bonds. The molecule has 1 fully saturated rings. The molecule has 2 atom stereocenters. The summed E-state index contributed by atoms with van der Waals surface area (Å²) in [7, 11) is 0. The van der Waals surface area contributed by atoms with E-state index in [2.05, 4.69) is 10.6 Å². The van der Waals surface area contributed by atoms with Crippen LogP contribution in [-0.2, 0) is 22.7 Å². The summed E-state index contributed by atoms with van der Waals surface area (Å²) in [6, 6.07) is 19.6. The van der Waals surface area contributed by atoms with Crippen molar-refractivity contribution in [2.45, 2.75) is 25.3 Å². The van der Waals surface area contributed by atoms with Crippen LogP contribution in [0.15, 0.2) is 60.7 Å². The van der Waals surface area contributed by atoms with Gasteiger partial charge in [-0.1, -0.05) is 60.7 Å². The minimum absolute atomic E-state index is 0.0861. The van der Waals surface area contributed by atoms with Crippen molar-refractivity contribution in [2.75, 3.05) is 13.2 Å². The molecule has 1 heterocycles. The standard InChI is InChI=1S/C19H22N2O3/c22-19-20-17(13-23-11-15-7-3-1-4-8-15)18(21-19)14-24-12-16-9-5-2-6-10-16/h1-10,17-18H,11-14H2,(H2,20,21,22)/t17-,18-/m1/s1. The van der Waals surface area contributed by atoms with Crippen LogP contribution in [0.25, 0.3) is 0 Å². The van der Waals surface area contributed by atoms with Crippen molar-refractivity contribution in [3.8, 4) is 0 Å². The van der Waals surface area contributed by atoms with Crippen LogP contribution in [-0.4, -0.2) is 31.3 Å². The molecule has 2 aromatic carbocycles. The first-order chi connectivity index (χ1) is 11.8. The molecular weight excluding hydrogens is 304 g/mol. The Hall–Kier alpha value is -2.37. The topological polar surface area (TPSA) is 59.6 Å². The summed E-state index contributed by atoms with van der Waals surface area (Å²) in [6.07, 6.45) is 0. The largest absolute Gasteiger partial charge is 0.375 e. The van der Waals surface area contributed by atoms with E-state index in [1.165, 1.54) is 0 Å². The zero-order valence-electron chi connectivity index (χ0n) is 13.5. The Bertz CT molecular complexity index is 578. The molecule has 2 aromatic rings. The van der Waals surface area contributed by atoms with Gasteiger partial charge < -0.3 is 20.1 Å². The van der Waals surface area contributed by atoms with Crippen LogP contribution in [0.2, 0.25) is 0 Å². The SMILES string of the molecule is O=C1N[C@H](COCc2ccccc2)[C@@H](COCc2ccccc2)N1. The summed E-state index contributed by atoms with van der Waals surface area (Å²) in [4.78, 5) is 11.6. The predicted molar refractivity (Wildman–Crippen MR) is 91.4 cm³/mol. The van der Waals surface area contributed by atoms with Gasteiger partial charge in [0, 0.05) is 0 Å². The summed E-state index contributed by atoms with van der Waals surface area (Å²) >= 11 is 0. The Morgan fingerprint density at radius 2 is 1.12 bits per heavy atom. The molecule has 0 aromatic heterocycles. The number of carbonyl (C=O) groups excluding carboxylic acids is 1. The van der Waals surface area contributed by atoms with Gasteiger partial charge in [-0.2, -0.15) is 0 Å². The van der Waals surface area contributed by atoms with Gasteiger partial charge in [0.15, 0.2) is 0 Å². The molecule has 0 saturated carbocycles. The second-order valence-corrected chi connectivity index (χ2v) is 5.83. The Balaban J connectivity index is 1.42. The lowest BCUT2D eigenvalue weighted by molar-refractivity contribution is 0.0661. The molecule has 2 N–H and O–H groups in total. The fourth-order valence-electron chi connectivity index (χ4n) is 2.65. The molecule has 5 heteroatoms. The highest BCUT2D eigenvalue weighted by atomic mass is 16.5. The van der Waals surface area contributed by atoms with Crippen LogP contribution in [0.5, 0.6) is 0 Å². The average molecular weight is 326 g/mol. The molecule has 126 valence electrons. The Kier molecular flexibility index (Phi) is 5.82. The second-order valence-electron chi connectivity index (χ2n) is 5.83. The Morgan fingerprint density at radius 3 is 1.54 bits per heavy atom. The van der Waals surface area contributed by atoms with Gasteiger partial charge in [-0.05, 0) is 11.1 Å². The monoisotopic (exact) mass is 326 g/mol. The maximum atomic E-state index is 11.6.